The van der Waals surface area contributed by atoms with E-state index in [2.05, 4.69) is 6.58 Å². The molecule has 0 aromatic heterocycles. The summed E-state index contributed by atoms with van der Waals surface area (Å²) >= 11 is 0. The molecule has 0 amide bonds. The first-order valence-corrected chi connectivity index (χ1v) is 6.18. The molecule has 2 atom stereocenters. The normalized spacial score (nSPS) is 22.5. The van der Waals surface area contributed by atoms with Gasteiger partial charge in [0.15, 0.2) is 0 Å². The van der Waals surface area contributed by atoms with E-state index >= 15 is 0 Å². The van der Waals surface area contributed by atoms with E-state index in [-0.39, 0.29) is 29.1 Å². The van der Waals surface area contributed by atoms with E-state index < -0.39 is 0 Å². The van der Waals surface area contributed by atoms with Gasteiger partial charge in [-0.1, -0.05) is 6.08 Å². The minimum Gasteiger partial charge on any atom is -0.508 e. The molecule has 98 valence electrons. The number of benzene rings is 1. The molecule has 1 aromatic rings. The first kappa shape index (κ1) is 13.0. The number of hydrogen-bond acceptors (Lipinski definition) is 3. The van der Waals surface area contributed by atoms with Gasteiger partial charge in [0.25, 0.3) is 0 Å². The second-order valence-electron chi connectivity index (χ2n) is 5.49. The summed E-state index contributed by atoms with van der Waals surface area (Å²) in [6, 6.07) is 3.20. The maximum absolute atomic E-state index is 9.98. The molecule has 0 aliphatic carbocycles. The van der Waals surface area contributed by atoms with E-state index in [0.29, 0.717) is 11.1 Å². The first-order valence-electron chi connectivity index (χ1n) is 6.18. The highest BCUT2D eigenvalue weighted by molar-refractivity contribution is 5.47. The molecule has 0 bridgehead atoms. The van der Waals surface area contributed by atoms with Crippen molar-refractivity contribution in [3.8, 4) is 11.5 Å². The lowest BCUT2D eigenvalue weighted by molar-refractivity contribution is 0.317. The SMILES string of the molecule is C=C[C@@H](C[C@@H]1OC1(C)C)c1cc(O)c(C)cc1O. The number of rotatable bonds is 4. The van der Waals surface area contributed by atoms with Crippen molar-refractivity contribution in [3.63, 3.8) is 0 Å². The third kappa shape index (κ3) is 2.36. The van der Waals surface area contributed by atoms with E-state index in [1.54, 1.807) is 25.1 Å². The van der Waals surface area contributed by atoms with E-state index in [9.17, 15) is 10.2 Å². The maximum atomic E-state index is 9.98. The Hall–Kier alpha value is -1.48. The average molecular weight is 248 g/mol. The zero-order chi connectivity index (χ0) is 13.5. The van der Waals surface area contributed by atoms with Crippen molar-refractivity contribution in [3.05, 3.63) is 35.9 Å². The van der Waals surface area contributed by atoms with Gasteiger partial charge < -0.3 is 14.9 Å². The van der Waals surface area contributed by atoms with Gasteiger partial charge in [0.2, 0.25) is 0 Å². The van der Waals surface area contributed by atoms with Gasteiger partial charge in [-0.3, -0.25) is 0 Å². The molecule has 18 heavy (non-hydrogen) atoms. The molecule has 0 saturated carbocycles. The molecule has 0 radical (unpaired) electrons. The Morgan fingerprint density at radius 1 is 1.39 bits per heavy atom. The third-order valence-electron chi connectivity index (χ3n) is 3.66. The number of hydrogen-bond donors (Lipinski definition) is 2. The van der Waals surface area contributed by atoms with Crippen molar-refractivity contribution in [2.75, 3.05) is 0 Å². The van der Waals surface area contributed by atoms with Crippen LogP contribution in [0.1, 0.15) is 37.3 Å². The van der Waals surface area contributed by atoms with Gasteiger partial charge in [0.1, 0.15) is 11.5 Å². The molecule has 1 aromatic carbocycles. The van der Waals surface area contributed by atoms with E-state index in [4.69, 9.17) is 4.74 Å². The second-order valence-corrected chi connectivity index (χ2v) is 5.49. The summed E-state index contributed by atoms with van der Waals surface area (Å²) in [6.45, 7) is 9.66. The van der Waals surface area contributed by atoms with Crippen molar-refractivity contribution in [2.45, 2.75) is 44.8 Å². The van der Waals surface area contributed by atoms with Crippen LogP contribution in [0.3, 0.4) is 0 Å². The summed E-state index contributed by atoms with van der Waals surface area (Å²) in [5.74, 6) is 0.391. The van der Waals surface area contributed by atoms with Crippen LogP contribution in [0.15, 0.2) is 24.8 Å². The molecule has 0 spiro atoms. The molecule has 3 heteroatoms. The zero-order valence-corrected chi connectivity index (χ0v) is 11.1. The number of epoxide rings is 1. The summed E-state index contributed by atoms with van der Waals surface area (Å²) in [4.78, 5) is 0. The fraction of sp³-hybridized carbons (Fsp3) is 0.467. The number of aryl methyl sites for hydroxylation is 1. The highest BCUT2D eigenvalue weighted by Gasteiger charge is 2.48. The van der Waals surface area contributed by atoms with Crippen LogP contribution in [-0.2, 0) is 4.74 Å². The summed E-state index contributed by atoms with van der Waals surface area (Å²) in [5, 5.41) is 19.7. The highest BCUT2D eigenvalue weighted by Crippen LogP contribution is 2.44. The van der Waals surface area contributed by atoms with Crippen LogP contribution in [0.4, 0.5) is 0 Å². The number of phenolic OH excluding ortho intramolecular Hbond substituents is 2. The minimum atomic E-state index is -0.0797. The fourth-order valence-corrected chi connectivity index (χ4v) is 2.24. The average Bonchev–Trinajstić information content (AvgIpc) is 2.88. The number of ether oxygens (including phenoxy) is 1. The van der Waals surface area contributed by atoms with Gasteiger partial charge >= 0.3 is 0 Å². The Morgan fingerprint density at radius 3 is 2.50 bits per heavy atom. The molecular formula is C15H20O3. The quantitative estimate of drug-likeness (QED) is 0.488. The molecule has 0 unspecified atom stereocenters. The van der Waals surface area contributed by atoms with Crippen molar-refractivity contribution < 1.29 is 14.9 Å². The van der Waals surface area contributed by atoms with Gasteiger partial charge in [0.05, 0.1) is 11.7 Å². The van der Waals surface area contributed by atoms with Gasteiger partial charge in [-0.15, -0.1) is 6.58 Å². The van der Waals surface area contributed by atoms with Crippen molar-refractivity contribution >= 4 is 0 Å². The molecule has 1 heterocycles. The first-order chi connectivity index (χ1) is 8.35. The van der Waals surface area contributed by atoms with E-state index in [1.165, 1.54) is 0 Å². The fourth-order valence-electron chi connectivity index (χ4n) is 2.24. The van der Waals surface area contributed by atoms with Crippen LogP contribution in [0.5, 0.6) is 11.5 Å². The minimum absolute atomic E-state index is 0.0109. The lowest BCUT2D eigenvalue weighted by atomic mass is 9.90. The maximum Gasteiger partial charge on any atom is 0.119 e. The number of aromatic hydroxyl groups is 2. The summed E-state index contributed by atoms with van der Waals surface area (Å²) < 4.78 is 5.56. The van der Waals surface area contributed by atoms with Gasteiger partial charge in [-0.25, -0.2) is 0 Å². The number of phenols is 2. The van der Waals surface area contributed by atoms with Crippen molar-refractivity contribution in [1.29, 1.82) is 0 Å². The zero-order valence-electron chi connectivity index (χ0n) is 11.1. The van der Waals surface area contributed by atoms with Crippen molar-refractivity contribution in [2.24, 2.45) is 0 Å². The van der Waals surface area contributed by atoms with Crippen LogP contribution in [0, 0.1) is 6.92 Å². The topological polar surface area (TPSA) is 53.0 Å². The molecule has 1 aliphatic rings. The molecule has 1 saturated heterocycles. The Labute approximate surface area is 108 Å². The predicted molar refractivity (Wildman–Crippen MR) is 71.0 cm³/mol. The third-order valence-corrected chi connectivity index (χ3v) is 3.66. The second kappa shape index (κ2) is 4.32. The highest BCUT2D eigenvalue weighted by atomic mass is 16.6. The summed E-state index contributed by atoms with van der Waals surface area (Å²) in [6.07, 6.45) is 2.75. The Kier molecular flexibility index (Phi) is 3.11. The molecule has 3 nitrogen and oxygen atoms in total. The number of allylic oxidation sites excluding steroid dienone is 1. The van der Waals surface area contributed by atoms with Crippen LogP contribution < -0.4 is 0 Å². The van der Waals surface area contributed by atoms with Crippen molar-refractivity contribution in [1.82, 2.24) is 0 Å². The summed E-state index contributed by atoms with van der Waals surface area (Å²) in [7, 11) is 0. The van der Waals surface area contributed by atoms with Crippen LogP contribution in [-0.4, -0.2) is 21.9 Å². The Bertz CT molecular complexity index is 477. The summed E-state index contributed by atoms with van der Waals surface area (Å²) in [5.41, 5.74) is 1.30. The largest absolute Gasteiger partial charge is 0.508 e. The van der Waals surface area contributed by atoms with Crippen LogP contribution in [0.25, 0.3) is 0 Å². The predicted octanol–water partition coefficient (Wildman–Crippen LogP) is 3.24. The lowest BCUT2D eigenvalue weighted by Gasteiger charge is -2.15. The van der Waals surface area contributed by atoms with E-state index in [1.807, 2.05) is 13.8 Å². The van der Waals surface area contributed by atoms with Gasteiger partial charge in [0, 0.05) is 11.5 Å². The molecule has 1 aliphatic heterocycles. The van der Waals surface area contributed by atoms with Crippen LogP contribution >= 0.6 is 0 Å². The van der Waals surface area contributed by atoms with Crippen LogP contribution in [0.2, 0.25) is 0 Å². The monoisotopic (exact) mass is 248 g/mol. The smallest absolute Gasteiger partial charge is 0.119 e. The Morgan fingerprint density at radius 2 is 2.00 bits per heavy atom. The van der Waals surface area contributed by atoms with E-state index in [0.717, 1.165) is 6.42 Å². The van der Waals surface area contributed by atoms with Gasteiger partial charge in [-0.05, 0) is 44.9 Å². The molecule has 2 N–H and O–H groups in total. The standard InChI is InChI=1S/C15H20O3/c1-5-10(7-14-15(3,4)18-14)11-8-12(16)9(2)6-13(11)17/h5-6,8,10,14,16-17H,1,7H2,2-4H3/t10-,14-/m0/s1. The molecule has 1 fully saturated rings. The molecular weight excluding hydrogens is 228 g/mol. The molecule has 2 rings (SSSR count). The Balaban J connectivity index is 2.22. The van der Waals surface area contributed by atoms with Gasteiger partial charge in [-0.2, -0.15) is 0 Å². The lowest BCUT2D eigenvalue weighted by Crippen LogP contribution is -2.07.